The highest BCUT2D eigenvalue weighted by molar-refractivity contribution is 7.87. The van der Waals surface area contributed by atoms with Crippen LogP contribution in [0.25, 0.3) is 0 Å². The molecule has 0 aromatic carbocycles. The number of hydrogen-bond acceptors (Lipinski definition) is 4. The summed E-state index contributed by atoms with van der Waals surface area (Å²) in [5.74, 6) is -14.7. The van der Waals surface area contributed by atoms with E-state index in [2.05, 4.69) is 9.97 Å². The van der Waals surface area contributed by atoms with Crippen LogP contribution in [0, 0.1) is 0 Å². The lowest BCUT2D eigenvalue weighted by Gasteiger charge is -2.31. The van der Waals surface area contributed by atoms with Gasteiger partial charge in [0.25, 0.3) is 0 Å². The average molecular weight is 380 g/mol. The van der Waals surface area contributed by atoms with E-state index in [9.17, 15) is 47.9 Å². The van der Waals surface area contributed by atoms with Crippen molar-refractivity contribution in [1.82, 2.24) is 9.97 Å². The molecule has 0 amide bonds. The van der Waals surface area contributed by atoms with Gasteiger partial charge in [-0.05, 0) is 6.07 Å². The normalized spacial score (nSPS) is 14.0. The summed E-state index contributed by atoms with van der Waals surface area (Å²) in [6, 6.07) is 1.78. The molecule has 1 aromatic heterocycles. The molecule has 0 aliphatic rings. The van der Waals surface area contributed by atoms with Crippen LogP contribution in [0.4, 0.5) is 39.5 Å². The lowest BCUT2D eigenvalue weighted by Crippen LogP contribution is -2.63. The minimum absolute atomic E-state index is 1.50. The number of alkyl halides is 9. The van der Waals surface area contributed by atoms with E-state index >= 15 is 0 Å². The molecule has 0 fully saturated rings. The highest BCUT2D eigenvalue weighted by Gasteiger charge is 2.85. The number of nitrogens with zero attached hydrogens (tertiary/aromatic N) is 2. The van der Waals surface area contributed by atoms with Crippen molar-refractivity contribution >= 4 is 10.1 Å². The molecule has 0 atom stereocenters. The fourth-order valence-corrected chi connectivity index (χ4v) is 1.23. The lowest BCUT2D eigenvalue weighted by molar-refractivity contribution is -0.382. The van der Waals surface area contributed by atoms with Crippen LogP contribution in [0.1, 0.15) is 0 Å². The van der Waals surface area contributed by atoms with Crippen LogP contribution < -0.4 is 0 Å². The fraction of sp³-hybridized carbons (Fsp3) is 0.500. The minimum atomic E-state index is -7.37. The smallest absolute Gasteiger partial charge is 0.281 e. The molecule has 1 N–H and O–H groups in total. The van der Waals surface area contributed by atoms with Crippen molar-refractivity contribution in [3.05, 3.63) is 24.8 Å². The molecule has 0 unspecified atom stereocenters. The van der Waals surface area contributed by atoms with Gasteiger partial charge in [-0.2, -0.15) is 47.9 Å². The zero-order valence-electron chi connectivity index (χ0n) is 10.3. The van der Waals surface area contributed by atoms with Crippen LogP contribution in [0.15, 0.2) is 24.8 Å². The monoisotopic (exact) mass is 380 g/mol. The summed E-state index contributed by atoms with van der Waals surface area (Å²) in [5.41, 5.74) is 0. The van der Waals surface area contributed by atoms with E-state index in [-0.39, 0.29) is 0 Å². The Morgan fingerprint density at radius 1 is 0.783 bits per heavy atom. The van der Waals surface area contributed by atoms with Crippen molar-refractivity contribution in [3.8, 4) is 0 Å². The Bertz CT molecular complexity index is 576. The predicted molar refractivity (Wildman–Crippen MR) is 54.5 cm³/mol. The topological polar surface area (TPSA) is 80.2 Å². The molecular weight excluding hydrogens is 375 g/mol. The van der Waals surface area contributed by atoms with Gasteiger partial charge < -0.3 is 0 Å². The minimum Gasteiger partial charge on any atom is -0.281 e. The maximum atomic E-state index is 12.2. The predicted octanol–water partition coefficient (Wildman–Crippen LogP) is 2.78. The Balaban J connectivity index is 0.000000664. The second kappa shape index (κ2) is 6.46. The zero-order chi connectivity index (χ0) is 18.7. The Morgan fingerprint density at radius 2 is 1.17 bits per heavy atom. The van der Waals surface area contributed by atoms with E-state index in [1.54, 1.807) is 18.5 Å². The molecule has 0 radical (unpaired) electrons. The van der Waals surface area contributed by atoms with Crippen molar-refractivity contribution in [3.63, 3.8) is 0 Å². The van der Waals surface area contributed by atoms with Crippen LogP contribution >= 0.6 is 0 Å². The van der Waals surface area contributed by atoms with Crippen LogP contribution in [0.2, 0.25) is 0 Å². The molecule has 0 saturated heterocycles. The van der Waals surface area contributed by atoms with Crippen LogP contribution in [0.5, 0.6) is 0 Å². The van der Waals surface area contributed by atoms with Gasteiger partial charge >= 0.3 is 33.4 Å². The van der Waals surface area contributed by atoms with Crippen molar-refractivity contribution in [2.24, 2.45) is 0 Å². The Kier molecular flexibility index (Phi) is 6.00. The van der Waals surface area contributed by atoms with Crippen LogP contribution in [0.3, 0.4) is 0 Å². The summed E-state index contributed by atoms with van der Waals surface area (Å²) in [6.45, 7) is 0. The van der Waals surface area contributed by atoms with Gasteiger partial charge in [-0.25, -0.2) is 9.97 Å². The summed E-state index contributed by atoms with van der Waals surface area (Å²) >= 11 is 0. The van der Waals surface area contributed by atoms with Gasteiger partial charge in [0.15, 0.2) is 0 Å². The molecule has 1 aromatic rings. The molecule has 0 bridgehead atoms. The van der Waals surface area contributed by atoms with Crippen molar-refractivity contribution in [2.75, 3.05) is 0 Å². The largest absolute Gasteiger partial charge is 0.460 e. The Labute approximate surface area is 121 Å². The van der Waals surface area contributed by atoms with Gasteiger partial charge in [-0.3, -0.25) is 4.55 Å². The first kappa shape index (κ1) is 21.4. The first-order valence-electron chi connectivity index (χ1n) is 4.87. The summed E-state index contributed by atoms with van der Waals surface area (Å²) in [7, 11) is -7.17. The second-order valence-corrected chi connectivity index (χ2v) is 5.01. The van der Waals surface area contributed by atoms with Gasteiger partial charge in [0.1, 0.15) is 6.33 Å². The molecular formula is C8H5F9N2O3S. The van der Waals surface area contributed by atoms with Crippen molar-refractivity contribution in [2.45, 2.75) is 23.3 Å². The average Bonchev–Trinajstić information content (AvgIpc) is 2.38. The Hall–Kier alpha value is -1.64. The molecule has 0 aliphatic heterocycles. The van der Waals surface area contributed by atoms with Gasteiger partial charge in [0.2, 0.25) is 0 Å². The van der Waals surface area contributed by atoms with Gasteiger partial charge in [0.05, 0.1) is 0 Å². The van der Waals surface area contributed by atoms with E-state index in [1.165, 1.54) is 6.33 Å². The summed E-state index contributed by atoms with van der Waals surface area (Å²) in [4.78, 5) is 7.35. The molecule has 23 heavy (non-hydrogen) atoms. The van der Waals surface area contributed by atoms with Crippen LogP contribution in [-0.2, 0) is 10.1 Å². The third-order valence-electron chi connectivity index (χ3n) is 1.92. The number of aromatic nitrogens is 2. The highest BCUT2D eigenvalue weighted by atomic mass is 32.2. The van der Waals surface area contributed by atoms with Crippen LogP contribution in [-0.4, -0.2) is 46.2 Å². The number of rotatable bonds is 3. The molecule has 1 heterocycles. The maximum absolute atomic E-state index is 12.2. The van der Waals surface area contributed by atoms with E-state index < -0.39 is 33.4 Å². The lowest BCUT2D eigenvalue weighted by atomic mass is 10.1. The highest BCUT2D eigenvalue weighted by Crippen LogP contribution is 2.54. The van der Waals surface area contributed by atoms with Crippen molar-refractivity contribution in [1.29, 1.82) is 0 Å². The quantitative estimate of drug-likeness (QED) is 0.645. The third-order valence-corrected chi connectivity index (χ3v) is 2.82. The molecule has 134 valence electrons. The molecule has 0 saturated carbocycles. The summed E-state index contributed by atoms with van der Waals surface area (Å²) < 4.78 is 134. The Morgan fingerprint density at radius 3 is 1.35 bits per heavy atom. The van der Waals surface area contributed by atoms with Crippen molar-refractivity contribution < 1.29 is 52.5 Å². The standard InChI is InChI=1S/C4HF9O3S.C4H4N2/c5-1(6,3(9,10)11)2(7,8)4(12,13)17(14,15)16;1-2-5-4-6-3-1/h(H,14,15,16);1-4H. The molecule has 5 nitrogen and oxygen atoms in total. The maximum Gasteiger partial charge on any atom is 0.460 e. The number of hydrogen-bond donors (Lipinski definition) is 1. The van der Waals surface area contributed by atoms with E-state index in [0.717, 1.165) is 0 Å². The van der Waals surface area contributed by atoms with E-state index in [1.807, 2.05) is 0 Å². The number of halogens is 9. The van der Waals surface area contributed by atoms with Gasteiger partial charge in [-0.15, -0.1) is 0 Å². The molecule has 0 spiro atoms. The molecule has 1 rings (SSSR count). The molecule has 0 aliphatic carbocycles. The third kappa shape index (κ3) is 4.21. The fourth-order valence-electron chi connectivity index (χ4n) is 0.776. The van der Waals surface area contributed by atoms with Gasteiger partial charge in [0, 0.05) is 12.4 Å². The molecule has 15 heteroatoms. The zero-order valence-corrected chi connectivity index (χ0v) is 11.1. The first-order chi connectivity index (χ1) is 10.0. The summed E-state index contributed by atoms with van der Waals surface area (Å²) in [6.07, 6.45) is -2.26. The summed E-state index contributed by atoms with van der Waals surface area (Å²) in [5, 5.41) is -7.00. The second-order valence-electron chi connectivity index (χ2n) is 3.54. The van der Waals surface area contributed by atoms with E-state index in [0.29, 0.717) is 0 Å². The van der Waals surface area contributed by atoms with Gasteiger partial charge in [-0.1, -0.05) is 0 Å². The first-order valence-corrected chi connectivity index (χ1v) is 6.31. The SMILES string of the molecule is O=S(=O)(O)C(F)(F)C(F)(F)C(F)(F)C(F)(F)F.c1cncnc1. The van der Waals surface area contributed by atoms with E-state index in [4.69, 9.17) is 4.55 Å².